The number of nitrogens with zero attached hydrogens (tertiary/aromatic N) is 5. The second-order valence-electron chi connectivity index (χ2n) is 9.51. The van der Waals surface area contributed by atoms with E-state index in [0.29, 0.717) is 30.9 Å². The van der Waals surface area contributed by atoms with Crippen molar-refractivity contribution < 1.29 is 14.7 Å². The highest BCUT2D eigenvalue weighted by atomic mass is 16.4. The summed E-state index contributed by atoms with van der Waals surface area (Å²) in [5, 5.41) is 20.7. The highest BCUT2D eigenvalue weighted by Crippen LogP contribution is 2.33. The van der Waals surface area contributed by atoms with Crippen LogP contribution in [0.3, 0.4) is 0 Å². The van der Waals surface area contributed by atoms with Crippen LogP contribution in [0.25, 0.3) is 0 Å². The SMILES string of the molecule is CC(C)(C)c1nn([C@@H]2CCCN(C(=O)O)C2)cc1Nc1ncc(C(N)=O)c(NC2CC2)n1. The Morgan fingerprint density at radius 3 is 2.62 bits per heavy atom. The number of aromatic nitrogens is 4. The number of amides is 2. The molecule has 2 aliphatic rings. The van der Waals surface area contributed by atoms with Crippen LogP contribution >= 0.6 is 0 Å². The Labute approximate surface area is 186 Å². The number of nitrogens with one attached hydrogen (secondary N) is 2. The van der Waals surface area contributed by atoms with Crippen LogP contribution in [0.15, 0.2) is 12.4 Å². The quantitative estimate of drug-likeness (QED) is 0.533. The summed E-state index contributed by atoms with van der Waals surface area (Å²) in [5.41, 5.74) is 7.03. The Morgan fingerprint density at radius 2 is 2.00 bits per heavy atom. The number of hydrogen-bond acceptors (Lipinski definition) is 7. The summed E-state index contributed by atoms with van der Waals surface area (Å²) in [4.78, 5) is 33.4. The van der Waals surface area contributed by atoms with Crippen molar-refractivity contribution in [1.29, 1.82) is 0 Å². The molecule has 11 heteroatoms. The summed E-state index contributed by atoms with van der Waals surface area (Å²) in [5.74, 6) is 0.175. The predicted octanol–water partition coefficient (Wildman–Crippen LogP) is 2.70. The summed E-state index contributed by atoms with van der Waals surface area (Å²) in [6.07, 6.45) is 6.11. The lowest BCUT2D eigenvalue weighted by atomic mass is 9.91. The molecular weight excluding hydrogens is 412 g/mol. The maximum Gasteiger partial charge on any atom is 0.407 e. The molecule has 0 bridgehead atoms. The number of carbonyl (C=O) groups is 2. The van der Waals surface area contributed by atoms with E-state index in [1.807, 2.05) is 10.9 Å². The Morgan fingerprint density at radius 1 is 1.25 bits per heavy atom. The Kier molecular flexibility index (Phi) is 5.66. The van der Waals surface area contributed by atoms with E-state index in [1.165, 1.54) is 11.1 Å². The first kappa shape index (κ1) is 21.8. The van der Waals surface area contributed by atoms with Gasteiger partial charge < -0.3 is 26.4 Å². The van der Waals surface area contributed by atoms with Crippen LogP contribution < -0.4 is 16.4 Å². The first-order valence-electron chi connectivity index (χ1n) is 10.9. The zero-order valence-corrected chi connectivity index (χ0v) is 18.6. The molecule has 1 saturated carbocycles. The van der Waals surface area contributed by atoms with Crippen molar-refractivity contribution in [2.24, 2.45) is 5.73 Å². The minimum absolute atomic E-state index is 0.0400. The van der Waals surface area contributed by atoms with E-state index in [9.17, 15) is 14.7 Å². The van der Waals surface area contributed by atoms with Gasteiger partial charge in [0.1, 0.15) is 5.82 Å². The number of primary amides is 1. The molecule has 2 aromatic heterocycles. The topological polar surface area (TPSA) is 151 Å². The standard InChI is InChI=1S/C21H30N8O3/c1-21(2,3)16-15(11-29(27-16)13-5-4-8-28(10-13)20(31)32)25-19-23-9-14(17(22)30)18(26-19)24-12-6-7-12/h9,11-13H,4-8,10H2,1-3H3,(H2,22,30)(H,31,32)(H2,23,24,25,26)/t13-/m1/s1. The highest BCUT2D eigenvalue weighted by Gasteiger charge is 2.29. The first-order chi connectivity index (χ1) is 15.1. The average Bonchev–Trinajstić information content (AvgIpc) is 3.43. The zero-order valence-electron chi connectivity index (χ0n) is 18.6. The van der Waals surface area contributed by atoms with Gasteiger partial charge in [-0.1, -0.05) is 20.8 Å². The molecule has 32 heavy (non-hydrogen) atoms. The second-order valence-corrected chi connectivity index (χ2v) is 9.51. The third-order valence-corrected chi connectivity index (χ3v) is 5.70. The number of carbonyl (C=O) groups excluding carboxylic acids is 1. The van der Waals surface area contributed by atoms with Crippen molar-refractivity contribution in [3.05, 3.63) is 23.7 Å². The van der Waals surface area contributed by atoms with Crippen LogP contribution in [0.1, 0.15) is 68.5 Å². The van der Waals surface area contributed by atoms with Crippen LogP contribution in [0.2, 0.25) is 0 Å². The average molecular weight is 443 g/mol. The highest BCUT2D eigenvalue weighted by molar-refractivity contribution is 5.97. The van der Waals surface area contributed by atoms with Crippen LogP contribution in [-0.4, -0.2) is 60.9 Å². The van der Waals surface area contributed by atoms with E-state index in [-0.39, 0.29) is 17.0 Å². The molecule has 2 aromatic rings. The smallest absolute Gasteiger partial charge is 0.407 e. The van der Waals surface area contributed by atoms with Crippen LogP contribution in [-0.2, 0) is 5.41 Å². The number of rotatable bonds is 6. The summed E-state index contributed by atoms with van der Waals surface area (Å²) in [6.45, 7) is 7.13. The third kappa shape index (κ3) is 4.76. The molecular formula is C21H30N8O3. The second kappa shape index (κ2) is 8.29. The van der Waals surface area contributed by atoms with Crippen LogP contribution in [0.5, 0.6) is 0 Å². The molecule has 1 saturated heterocycles. The first-order valence-corrected chi connectivity index (χ1v) is 10.9. The molecule has 0 aromatic carbocycles. The van der Waals surface area contributed by atoms with Gasteiger partial charge in [-0.05, 0) is 25.7 Å². The molecule has 2 amide bonds. The van der Waals surface area contributed by atoms with Gasteiger partial charge in [-0.2, -0.15) is 10.1 Å². The van der Waals surface area contributed by atoms with Gasteiger partial charge in [-0.25, -0.2) is 9.78 Å². The lowest BCUT2D eigenvalue weighted by Gasteiger charge is -2.30. The van der Waals surface area contributed by atoms with Crippen molar-refractivity contribution >= 4 is 29.5 Å². The molecule has 4 rings (SSSR count). The number of anilines is 3. The molecule has 11 nitrogen and oxygen atoms in total. The molecule has 2 fully saturated rings. The Balaban J connectivity index is 1.63. The fourth-order valence-corrected chi connectivity index (χ4v) is 3.84. The molecule has 172 valence electrons. The maximum absolute atomic E-state index is 11.8. The fourth-order valence-electron chi connectivity index (χ4n) is 3.84. The van der Waals surface area contributed by atoms with Crippen LogP contribution in [0.4, 0.5) is 22.2 Å². The largest absolute Gasteiger partial charge is 0.465 e. The monoisotopic (exact) mass is 442 g/mol. The lowest BCUT2D eigenvalue weighted by Crippen LogP contribution is -2.40. The molecule has 1 atom stereocenters. The number of likely N-dealkylation sites (tertiary alicyclic amines) is 1. The van der Waals surface area contributed by atoms with E-state index in [4.69, 9.17) is 10.8 Å². The van der Waals surface area contributed by atoms with Crippen molar-refractivity contribution in [3.8, 4) is 0 Å². The minimum Gasteiger partial charge on any atom is -0.465 e. The van der Waals surface area contributed by atoms with Gasteiger partial charge >= 0.3 is 6.09 Å². The number of nitrogens with two attached hydrogens (primary N) is 1. The lowest BCUT2D eigenvalue weighted by molar-refractivity contribution is 0.1000. The summed E-state index contributed by atoms with van der Waals surface area (Å²) in [6, 6.07) is 0.258. The van der Waals surface area contributed by atoms with Crippen molar-refractivity contribution in [2.75, 3.05) is 23.7 Å². The normalized spacial score (nSPS) is 19.0. The van der Waals surface area contributed by atoms with Crippen molar-refractivity contribution in [3.63, 3.8) is 0 Å². The number of carboxylic acid groups (broad SMARTS) is 1. The molecule has 5 N–H and O–H groups in total. The summed E-state index contributed by atoms with van der Waals surface area (Å²) in [7, 11) is 0. The van der Waals surface area contributed by atoms with E-state index >= 15 is 0 Å². The fraction of sp³-hybridized carbons (Fsp3) is 0.571. The molecule has 0 unspecified atom stereocenters. The summed E-state index contributed by atoms with van der Waals surface area (Å²) < 4.78 is 1.85. The van der Waals surface area contributed by atoms with Gasteiger partial charge in [-0.15, -0.1) is 0 Å². The number of hydrogen-bond donors (Lipinski definition) is 4. The molecule has 1 aliphatic heterocycles. The number of piperidine rings is 1. The van der Waals surface area contributed by atoms with Gasteiger partial charge in [0.05, 0.1) is 23.0 Å². The van der Waals surface area contributed by atoms with Gasteiger partial charge in [0.25, 0.3) is 5.91 Å². The summed E-state index contributed by atoms with van der Waals surface area (Å²) >= 11 is 0. The van der Waals surface area contributed by atoms with Crippen LogP contribution in [0, 0.1) is 0 Å². The van der Waals surface area contributed by atoms with E-state index < -0.39 is 12.0 Å². The zero-order chi connectivity index (χ0) is 23.0. The molecule has 0 radical (unpaired) electrons. The molecule has 0 spiro atoms. The molecule has 1 aliphatic carbocycles. The van der Waals surface area contributed by atoms with Gasteiger partial charge in [0.2, 0.25) is 5.95 Å². The van der Waals surface area contributed by atoms with Gasteiger partial charge in [0.15, 0.2) is 0 Å². The van der Waals surface area contributed by atoms with Crippen molar-refractivity contribution in [1.82, 2.24) is 24.6 Å². The minimum atomic E-state index is -0.908. The van der Waals surface area contributed by atoms with Gasteiger partial charge in [0, 0.05) is 36.9 Å². The Hall–Kier alpha value is -3.37. The maximum atomic E-state index is 11.8. The Bertz CT molecular complexity index is 1020. The van der Waals surface area contributed by atoms with Gasteiger partial charge in [-0.3, -0.25) is 9.48 Å². The predicted molar refractivity (Wildman–Crippen MR) is 119 cm³/mol. The van der Waals surface area contributed by atoms with E-state index in [0.717, 1.165) is 37.1 Å². The third-order valence-electron chi connectivity index (χ3n) is 5.70. The molecule has 3 heterocycles. The van der Waals surface area contributed by atoms with Crippen molar-refractivity contribution in [2.45, 2.75) is 64.0 Å². The van der Waals surface area contributed by atoms with E-state index in [2.05, 4.69) is 41.4 Å². The van der Waals surface area contributed by atoms with E-state index in [1.54, 1.807) is 0 Å².